The van der Waals surface area contributed by atoms with E-state index in [4.69, 9.17) is 0 Å². The van der Waals surface area contributed by atoms with Gasteiger partial charge < -0.3 is 9.13 Å². The van der Waals surface area contributed by atoms with Crippen LogP contribution < -0.4 is 15.9 Å². The van der Waals surface area contributed by atoms with Crippen molar-refractivity contribution in [3.8, 4) is 27.9 Å². The average molecular weight is 618 g/mol. The van der Waals surface area contributed by atoms with Gasteiger partial charge in [0, 0.05) is 37.6 Å². The van der Waals surface area contributed by atoms with Crippen molar-refractivity contribution in [1.29, 1.82) is 0 Å². The second-order valence-corrected chi connectivity index (χ2v) is 15.1. The Bertz CT molecular complexity index is 2770. The summed E-state index contributed by atoms with van der Waals surface area (Å²) in [5.74, 6) is 0. The summed E-state index contributed by atoms with van der Waals surface area (Å²) < 4.78 is 17.9. The van der Waals surface area contributed by atoms with Crippen LogP contribution in [0.5, 0.6) is 0 Å². The number of aromatic nitrogens is 1. The molecule has 0 radical (unpaired) electrons. The first-order valence-electron chi connectivity index (χ1n) is 16.1. The molecule has 1 aliphatic heterocycles. The molecule has 10 rings (SSSR count). The van der Waals surface area contributed by atoms with Gasteiger partial charge in [-0.15, -0.1) is 0 Å². The first kappa shape index (κ1) is 26.5. The van der Waals surface area contributed by atoms with Gasteiger partial charge in [-0.05, 0) is 51.0 Å². The van der Waals surface area contributed by atoms with Crippen LogP contribution in [0.15, 0.2) is 170 Å². The third kappa shape index (κ3) is 3.59. The van der Waals surface area contributed by atoms with Crippen molar-refractivity contribution < 1.29 is 4.57 Å². The molecule has 0 bridgehead atoms. The topological polar surface area (TPSA) is 22.0 Å². The van der Waals surface area contributed by atoms with Crippen molar-refractivity contribution in [1.82, 2.24) is 4.57 Å². The van der Waals surface area contributed by atoms with E-state index in [-0.39, 0.29) is 0 Å². The molecule has 0 aliphatic carbocycles. The lowest BCUT2D eigenvalue weighted by Crippen LogP contribution is -2.20. The fourth-order valence-electron chi connectivity index (χ4n) is 8.01. The van der Waals surface area contributed by atoms with Crippen LogP contribution in [0.25, 0.3) is 71.3 Å². The van der Waals surface area contributed by atoms with E-state index in [1.54, 1.807) is 0 Å². The minimum Gasteiger partial charge on any atom is -0.309 e. The van der Waals surface area contributed by atoms with Crippen LogP contribution in [-0.4, -0.2) is 4.57 Å². The molecule has 1 aromatic heterocycles. The van der Waals surface area contributed by atoms with Crippen molar-refractivity contribution in [3.63, 3.8) is 0 Å². The van der Waals surface area contributed by atoms with Crippen LogP contribution in [0, 0.1) is 0 Å². The van der Waals surface area contributed by atoms with Crippen LogP contribution in [-0.2, 0) is 4.57 Å². The first-order chi connectivity index (χ1) is 23.2. The highest BCUT2D eigenvalue weighted by molar-refractivity contribution is 7.86. The van der Waals surface area contributed by atoms with Crippen LogP contribution in [0.2, 0.25) is 0 Å². The van der Waals surface area contributed by atoms with Crippen molar-refractivity contribution in [2.24, 2.45) is 0 Å². The summed E-state index contributed by atoms with van der Waals surface area (Å²) >= 11 is 0. The Labute approximate surface area is 272 Å². The van der Waals surface area contributed by atoms with E-state index < -0.39 is 7.14 Å². The van der Waals surface area contributed by atoms with Gasteiger partial charge in [0.05, 0.1) is 16.7 Å². The Hall–Kier alpha value is -5.69. The van der Waals surface area contributed by atoms with Crippen LogP contribution in [0.3, 0.4) is 0 Å². The predicted octanol–water partition coefficient (Wildman–Crippen LogP) is 10.4. The van der Waals surface area contributed by atoms with Gasteiger partial charge in [0.15, 0.2) is 7.14 Å². The quantitative estimate of drug-likeness (QED) is 0.181. The maximum absolute atomic E-state index is 15.5. The predicted molar refractivity (Wildman–Crippen MR) is 200 cm³/mol. The monoisotopic (exact) mass is 617 g/mol. The molecule has 0 saturated carbocycles. The fourth-order valence-corrected chi connectivity index (χ4v) is 11.1. The average Bonchev–Trinajstić information content (AvgIpc) is 3.61. The van der Waals surface area contributed by atoms with E-state index in [9.17, 15) is 0 Å². The number of rotatable bonds is 3. The van der Waals surface area contributed by atoms with E-state index in [1.165, 1.54) is 38.1 Å². The molecule has 8 aromatic carbocycles. The van der Waals surface area contributed by atoms with Crippen molar-refractivity contribution in [2.75, 3.05) is 0 Å². The smallest absolute Gasteiger partial charge is 0.172 e. The summed E-state index contributed by atoms with van der Waals surface area (Å²) in [6.45, 7) is 0. The number of hydrogen-bond donors (Lipinski definition) is 0. The van der Waals surface area contributed by atoms with Crippen molar-refractivity contribution >= 4 is 66.4 Å². The second-order valence-electron chi connectivity index (χ2n) is 12.4. The molecule has 47 heavy (non-hydrogen) atoms. The molecule has 2 heterocycles. The van der Waals surface area contributed by atoms with E-state index in [0.717, 1.165) is 49.1 Å². The van der Waals surface area contributed by atoms with Gasteiger partial charge >= 0.3 is 0 Å². The van der Waals surface area contributed by atoms with Crippen LogP contribution in [0.1, 0.15) is 0 Å². The van der Waals surface area contributed by atoms with Gasteiger partial charge in [-0.1, -0.05) is 152 Å². The Kier molecular flexibility index (Phi) is 5.59. The van der Waals surface area contributed by atoms with Crippen LogP contribution >= 0.6 is 7.14 Å². The first-order valence-corrected chi connectivity index (χ1v) is 17.8. The van der Waals surface area contributed by atoms with Gasteiger partial charge in [0.2, 0.25) is 0 Å². The largest absolute Gasteiger partial charge is 0.309 e. The molecule has 0 saturated heterocycles. The van der Waals surface area contributed by atoms with Crippen molar-refractivity contribution in [2.45, 2.75) is 0 Å². The molecule has 1 atom stereocenters. The lowest BCUT2D eigenvalue weighted by atomic mass is 9.93. The summed E-state index contributed by atoms with van der Waals surface area (Å²) in [7, 11) is -3.09. The van der Waals surface area contributed by atoms with E-state index in [2.05, 4.69) is 138 Å². The summed E-state index contributed by atoms with van der Waals surface area (Å²) in [5.41, 5.74) is 7.93. The molecular weight excluding hydrogens is 589 g/mol. The lowest BCUT2D eigenvalue weighted by molar-refractivity contribution is 0.593. The number of fused-ring (bicyclic) bond motifs is 9. The zero-order valence-electron chi connectivity index (χ0n) is 25.5. The number of benzene rings is 8. The molecule has 3 heteroatoms. The van der Waals surface area contributed by atoms with E-state index >= 15 is 4.57 Å². The molecule has 0 spiro atoms. The fraction of sp³-hybridized carbons (Fsp3) is 0. The number of para-hydroxylation sites is 1. The SMILES string of the molecule is O=P1(c2ccccc2)c2ccccc2-c2c1ccc1c3ccccc3n(-c3cccc4c(-c5cccc6ccccc56)cccc34)c21. The minimum atomic E-state index is -3.09. The third-order valence-electron chi connectivity index (χ3n) is 10.0. The summed E-state index contributed by atoms with van der Waals surface area (Å²) in [6.07, 6.45) is 0. The van der Waals surface area contributed by atoms with Gasteiger partial charge in [-0.3, -0.25) is 0 Å². The lowest BCUT2D eigenvalue weighted by Gasteiger charge is -2.17. The van der Waals surface area contributed by atoms with Gasteiger partial charge in [0.25, 0.3) is 0 Å². The summed E-state index contributed by atoms with van der Waals surface area (Å²) in [6, 6.07) is 59.8. The molecular formula is C44H28NOP. The van der Waals surface area contributed by atoms with E-state index in [1.807, 2.05) is 36.4 Å². The number of nitrogens with zero attached hydrogens (tertiary/aromatic N) is 1. The molecule has 2 nitrogen and oxygen atoms in total. The van der Waals surface area contributed by atoms with Gasteiger partial charge in [-0.25, -0.2) is 0 Å². The highest BCUT2D eigenvalue weighted by Gasteiger charge is 2.41. The molecule has 1 unspecified atom stereocenters. The number of hydrogen-bond acceptors (Lipinski definition) is 1. The summed E-state index contributed by atoms with van der Waals surface area (Å²) in [5, 5.41) is 9.92. The molecule has 0 amide bonds. The highest BCUT2D eigenvalue weighted by atomic mass is 31.2. The van der Waals surface area contributed by atoms with Crippen LogP contribution in [0.4, 0.5) is 0 Å². The van der Waals surface area contributed by atoms with Gasteiger partial charge in [-0.2, -0.15) is 0 Å². The van der Waals surface area contributed by atoms with Gasteiger partial charge in [0.1, 0.15) is 0 Å². The Morgan fingerprint density at radius 1 is 0.404 bits per heavy atom. The maximum Gasteiger partial charge on any atom is 0.172 e. The highest BCUT2D eigenvalue weighted by Crippen LogP contribution is 2.55. The Balaban J connectivity index is 1.34. The molecule has 0 N–H and O–H groups in total. The standard InChI is InChI=1S/C44H28NOP/c46-47(30-15-2-1-3-16-30)41-26-9-7-19-38(41)43-42(47)28-27-37-36-18-6-8-24-39(36)45(44(37)43)40-25-12-22-34-33(21-11-23-35(34)40)32-20-10-14-29-13-4-5-17-31(29)32/h1-28H. The molecule has 9 aromatic rings. The normalized spacial score (nSPS) is 15.4. The zero-order chi connectivity index (χ0) is 31.1. The third-order valence-corrected chi connectivity index (χ3v) is 13.2. The molecule has 1 aliphatic rings. The minimum absolute atomic E-state index is 0.873. The zero-order valence-corrected chi connectivity index (χ0v) is 26.4. The van der Waals surface area contributed by atoms with E-state index in [0.29, 0.717) is 0 Å². The Morgan fingerprint density at radius 2 is 1.02 bits per heavy atom. The summed E-state index contributed by atoms with van der Waals surface area (Å²) in [4.78, 5) is 0. The molecule has 220 valence electrons. The maximum atomic E-state index is 15.5. The van der Waals surface area contributed by atoms with Crippen molar-refractivity contribution in [3.05, 3.63) is 170 Å². The second kappa shape index (κ2) is 9.90. The molecule has 0 fully saturated rings. The Morgan fingerprint density at radius 3 is 1.91 bits per heavy atom.